The number of nitrogens with zero attached hydrogens (tertiary/aromatic N) is 2. The van der Waals surface area contributed by atoms with Gasteiger partial charge < -0.3 is 9.88 Å². The van der Waals surface area contributed by atoms with Gasteiger partial charge in [-0.15, -0.1) is 11.3 Å². The molecule has 0 spiro atoms. The van der Waals surface area contributed by atoms with Crippen LogP contribution in [0.2, 0.25) is 0 Å². The van der Waals surface area contributed by atoms with E-state index in [9.17, 15) is 8.42 Å². The monoisotopic (exact) mass is 314 g/mol. The molecular weight excluding hydrogens is 296 g/mol. The molecule has 0 bridgehead atoms. The fourth-order valence-corrected chi connectivity index (χ4v) is 4.11. The van der Waals surface area contributed by atoms with Gasteiger partial charge in [0.15, 0.2) is 0 Å². The third-order valence-electron chi connectivity index (χ3n) is 2.74. The zero-order chi connectivity index (χ0) is 14.4. The van der Waals surface area contributed by atoms with E-state index >= 15 is 0 Å². The van der Waals surface area contributed by atoms with Crippen molar-refractivity contribution in [3.8, 4) is 0 Å². The van der Waals surface area contributed by atoms with Crippen LogP contribution in [0.1, 0.15) is 4.88 Å². The number of aromatic nitrogens is 2. The Labute approximate surface area is 122 Å². The number of likely N-dealkylation sites (N-methyl/N-ethyl adjacent to an activating group) is 1. The third kappa shape index (κ3) is 4.14. The van der Waals surface area contributed by atoms with Gasteiger partial charge in [-0.1, -0.05) is 0 Å². The maximum absolute atomic E-state index is 12.1. The second kappa shape index (κ2) is 6.98. The Bertz CT molecular complexity index is 620. The number of sulfonamides is 1. The van der Waals surface area contributed by atoms with Crippen LogP contribution in [0.3, 0.4) is 0 Å². The number of nitrogens with one attached hydrogen (secondary N) is 2. The maximum Gasteiger partial charge on any atom is 0.250 e. The molecule has 20 heavy (non-hydrogen) atoms. The summed E-state index contributed by atoms with van der Waals surface area (Å²) < 4.78 is 29.0. The largest absolute Gasteiger partial charge is 0.336 e. The van der Waals surface area contributed by atoms with E-state index in [1.807, 2.05) is 17.7 Å². The molecule has 2 heterocycles. The molecule has 0 saturated heterocycles. The lowest BCUT2D eigenvalue weighted by Crippen LogP contribution is -2.26. The molecule has 0 amide bonds. The summed E-state index contributed by atoms with van der Waals surface area (Å²) in [6.45, 7) is 1.76. The van der Waals surface area contributed by atoms with Crippen LogP contribution in [0.25, 0.3) is 0 Å². The smallest absolute Gasteiger partial charge is 0.250 e. The van der Waals surface area contributed by atoms with Gasteiger partial charge >= 0.3 is 0 Å². The Balaban J connectivity index is 1.90. The number of imidazole rings is 1. The number of rotatable bonds is 8. The number of hydrogen-bond acceptors (Lipinski definition) is 5. The molecule has 0 fully saturated rings. The molecule has 6 nitrogen and oxygen atoms in total. The summed E-state index contributed by atoms with van der Waals surface area (Å²) in [4.78, 5) is 4.97. The summed E-state index contributed by atoms with van der Waals surface area (Å²) in [7, 11) is -1.53. The molecule has 0 aromatic carbocycles. The Hall–Kier alpha value is -1.22. The molecule has 0 saturated carbocycles. The first-order chi connectivity index (χ1) is 9.62. The summed E-state index contributed by atoms with van der Waals surface area (Å²) in [5, 5.41) is 3.05. The molecule has 0 aliphatic rings. The quantitative estimate of drug-likeness (QED) is 0.751. The van der Waals surface area contributed by atoms with Gasteiger partial charge in [-0.25, -0.2) is 18.1 Å². The Morgan fingerprint density at radius 1 is 1.35 bits per heavy atom. The minimum atomic E-state index is -3.40. The second-order valence-electron chi connectivity index (χ2n) is 4.27. The summed E-state index contributed by atoms with van der Waals surface area (Å²) in [5.74, 6) is 0. The SMILES string of the molecule is CNCCc1ccc(S(=O)(=O)NCCn2ccnc2)s1. The topological polar surface area (TPSA) is 76.0 Å². The molecule has 2 rings (SSSR count). The Morgan fingerprint density at radius 2 is 2.20 bits per heavy atom. The predicted molar refractivity (Wildman–Crippen MR) is 79.4 cm³/mol. The van der Waals surface area contributed by atoms with Gasteiger partial charge in [-0.2, -0.15) is 0 Å². The minimum absolute atomic E-state index is 0.350. The molecule has 2 aromatic heterocycles. The van der Waals surface area contributed by atoms with E-state index in [1.165, 1.54) is 11.3 Å². The standard InChI is InChI=1S/C12H18N4O2S2/c1-13-5-4-11-2-3-12(19-11)20(17,18)15-7-9-16-8-6-14-10-16/h2-3,6,8,10,13,15H,4-5,7,9H2,1H3. The van der Waals surface area contributed by atoms with Crippen LogP contribution in [0.15, 0.2) is 35.1 Å². The van der Waals surface area contributed by atoms with Crippen molar-refractivity contribution in [1.29, 1.82) is 0 Å². The van der Waals surface area contributed by atoms with E-state index in [0.717, 1.165) is 17.8 Å². The van der Waals surface area contributed by atoms with E-state index in [2.05, 4.69) is 15.0 Å². The fourth-order valence-electron chi connectivity index (χ4n) is 1.68. The molecule has 110 valence electrons. The highest BCUT2D eigenvalue weighted by Gasteiger charge is 2.16. The summed E-state index contributed by atoms with van der Waals surface area (Å²) in [5.41, 5.74) is 0. The van der Waals surface area contributed by atoms with Gasteiger partial charge in [-0.3, -0.25) is 0 Å². The van der Waals surface area contributed by atoms with Crippen LogP contribution >= 0.6 is 11.3 Å². The van der Waals surface area contributed by atoms with Gasteiger partial charge in [0.25, 0.3) is 0 Å². The van der Waals surface area contributed by atoms with Crippen LogP contribution in [-0.2, 0) is 23.0 Å². The predicted octanol–water partition coefficient (Wildman–Crippen LogP) is 0.685. The zero-order valence-corrected chi connectivity index (χ0v) is 12.9. The lowest BCUT2D eigenvalue weighted by atomic mass is 10.3. The average Bonchev–Trinajstić information content (AvgIpc) is 3.07. The molecular formula is C12H18N4O2S2. The van der Waals surface area contributed by atoms with Gasteiger partial charge in [0.1, 0.15) is 4.21 Å². The van der Waals surface area contributed by atoms with Gasteiger partial charge in [0.05, 0.1) is 6.33 Å². The van der Waals surface area contributed by atoms with Crippen LogP contribution in [0.4, 0.5) is 0 Å². The highest BCUT2D eigenvalue weighted by molar-refractivity contribution is 7.91. The first-order valence-corrected chi connectivity index (χ1v) is 8.60. The molecule has 0 aliphatic carbocycles. The fraction of sp³-hybridized carbons (Fsp3) is 0.417. The van der Waals surface area contributed by atoms with E-state index in [1.54, 1.807) is 24.8 Å². The van der Waals surface area contributed by atoms with E-state index < -0.39 is 10.0 Å². The van der Waals surface area contributed by atoms with Gasteiger partial charge in [0.2, 0.25) is 10.0 Å². The molecule has 8 heteroatoms. The molecule has 0 atom stereocenters. The molecule has 2 N–H and O–H groups in total. The lowest BCUT2D eigenvalue weighted by molar-refractivity contribution is 0.575. The van der Waals surface area contributed by atoms with Crippen molar-refractivity contribution in [2.45, 2.75) is 17.2 Å². The van der Waals surface area contributed by atoms with Crippen LogP contribution < -0.4 is 10.0 Å². The summed E-state index contributed by atoms with van der Waals surface area (Å²) in [6.07, 6.45) is 5.97. The van der Waals surface area contributed by atoms with E-state index in [-0.39, 0.29) is 0 Å². The summed E-state index contributed by atoms with van der Waals surface area (Å²) in [6, 6.07) is 3.53. The molecule has 0 aliphatic heterocycles. The Morgan fingerprint density at radius 3 is 2.90 bits per heavy atom. The van der Waals surface area contributed by atoms with Crippen LogP contribution in [0.5, 0.6) is 0 Å². The van der Waals surface area contributed by atoms with Crippen molar-refractivity contribution in [3.05, 3.63) is 35.7 Å². The highest BCUT2D eigenvalue weighted by Crippen LogP contribution is 2.21. The highest BCUT2D eigenvalue weighted by atomic mass is 32.2. The van der Waals surface area contributed by atoms with Crippen molar-refractivity contribution in [2.75, 3.05) is 20.1 Å². The van der Waals surface area contributed by atoms with Crippen molar-refractivity contribution in [2.24, 2.45) is 0 Å². The van der Waals surface area contributed by atoms with Crippen molar-refractivity contribution in [3.63, 3.8) is 0 Å². The minimum Gasteiger partial charge on any atom is -0.336 e. The molecule has 0 radical (unpaired) electrons. The lowest BCUT2D eigenvalue weighted by Gasteiger charge is -2.05. The van der Waals surface area contributed by atoms with Crippen LogP contribution in [-0.4, -0.2) is 38.1 Å². The van der Waals surface area contributed by atoms with Crippen molar-refractivity contribution in [1.82, 2.24) is 19.6 Å². The maximum atomic E-state index is 12.1. The van der Waals surface area contributed by atoms with E-state index in [0.29, 0.717) is 17.3 Å². The normalized spacial score (nSPS) is 11.8. The van der Waals surface area contributed by atoms with Gasteiger partial charge in [-0.05, 0) is 32.1 Å². The van der Waals surface area contributed by atoms with E-state index in [4.69, 9.17) is 0 Å². The van der Waals surface area contributed by atoms with Crippen LogP contribution in [0, 0.1) is 0 Å². The zero-order valence-electron chi connectivity index (χ0n) is 11.2. The van der Waals surface area contributed by atoms with Crippen molar-refractivity contribution < 1.29 is 8.42 Å². The molecule has 2 aromatic rings. The first-order valence-electron chi connectivity index (χ1n) is 6.30. The number of hydrogen-bond donors (Lipinski definition) is 2. The van der Waals surface area contributed by atoms with Gasteiger partial charge in [0, 0.05) is 30.4 Å². The van der Waals surface area contributed by atoms with Crippen molar-refractivity contribution >= 4 is 21.4 Å². The Kier molecular flexibility index (Phi) is 5.30. The molecule has 0 unspecified atom stereocenters. The third-order valence-corrected chi connectivity index (χ3v) is 5.84. The second-order valence-corrected chi connectivity index (χ2v) is 7.43. The average molecular weight is 314 g/mol. The first kappa shape index (κ1) is 15.2. The summed E-state index contributed by atoms with van der Waals surface area (Å²) >= 11 is 1.32. The number of thiophene rings is 1.